The summed E-state index contributed by atoms with van der Waals surface area (Å²) in [7, 11) is 0. The molecular formula is C11H18N4O2. The van der Waals surface area contributed by atoms with Crippen molar-refractivity contribution in [3.05, 3.63) is 27.9 Å². The van der Waals surface area contributed by atoms with Crippen LogP contribution in [0.5, 0.6) is 0 Å². The van der Waals surface area contributed by atoms with Crippen LogP contribution < -0.4 is 10.6 Å². The molecule has 0 atom stereocenters. The van der Waals surface area contributed by atoms with Crippen molar-refractivity contribution in [2.75, 3.05) is 18.4 Å². The molecule has 94 valence electrons. The lowest BCUT2D eigenvalue weighted by molar-refractivity contribution is -0.384. The Labute approximate surface area is 101 Å². The fourth-order valence-corrected chi connectivity index (χ4v) is 1.37. The number of aromatic nitrogens is 1. The summed E-state index contributed by atoms with van der Waals surface area (Å²) < 4.78 is 0. The number of rotatable bonds is 6. The summed E-state index contributed by atoms with van der Waals surface area (Å²) in [6.07, 6.45) is 0. The number of aryl methyl sites for hydroxylation is 1. The molecule has 0 aliphatic carbocycles. The van der Waals surface area contributed by atoms with E-state index in [0.717, 1.165) is 12.2 Å². The van der Waals surface area contributed by atoms with Crippen molar-refractivity contribution in [2.24, 2.45) is 0 Å². The highest BCUT2D eigenvalue weighted by atomic mass is 16.6. The van der Waals surface area contributed by atoms with Crippen LogP contribution >= 0.6 is 0 Å². The summed E-state index contributed by atoms with van der Waals surface area (Å²) >= 11 is 0. The number of nitrogens with one attached hydrogen (secondary N) is 2. The Bertz CT molecular complexity index is 393. The second-order valence-electron chi connectivity index (χ2n) is 4.11. The average molecular weight is 238 g/mol. The van der Waals surface area contributed by atoms with Gasteiger partial charge in [0, 0.05) is 30.9 Å². The molecule has 6 heteroatoms. The Kier molecular flexibility index (Phi) is 4.84. The quantitative estimate of drug-likeness (QED) is 0.448. The highest BCUT2D eigenvalue weighted by Crippen LogP contribution is 2.21. The second kappa shape index (κ2) is 6.15. The van der Waals surface area contributed by atoms with Gasteiger partial charge in [0.15, 0.2) is 0 Å². The van der Waals surface area contributed by atoms with Crippen molar-refractivity contribution in [3.8, 4) is 0 Å². The minimum atomic E-state index is -0.426. The molecule has 0 saturated heterocycles. The summed E-state index contributed by atoms with van der Waals surface area (Å²) in [5.74, 6) is 0.334. The summed E-state index contributed by atoms with van der Waals surface area (Å²) in [4.78, 5) is 14.5. The molecule has 1 rings (SSSR count). The number of nitro groups is 1. The van der Waals surface area contributed by atoms with Gasteiger partial charge in [0.25, 0.3) is 0 Å². The van der Waals surface area contributed by atoms with Crippen molar-refractivity contribution in [3.63, 3.8) is 0 Å². The predicted octanol–water partition coefficient (Wildman–Crippen LogP) is 1.71. The molecule has 0 amide bonds. The maximum Gasteiger partial charge on any atom is 0.311 e. The van der Waals surface area contributed by atoms with Crippen molar-refractivity contribution in [2.45, 2.75) is 26.8 Å². The first-order chi connectivity index (χ1) is 8.00. The Balaban J connectivity index is 2.62. The molecular weight excluding hydrogens is 220 g/mol. The predicted molar refractivity (Wildman–Crippen MR) is 67.3 cm³/mol. The third kappa shape index (κ3) is 4.36. The highest BCUT2D eigenvalue weighted by molar-refractivity contribution is 5.56. The molecule has 0 radical (unpaired) electrons. The lowest BCUT2D eigenvalue weighted by Gasteiger charge is -2.09. The minimum absolute atomic E-state index is 0.0140. The van der Waals surface area contributed by atoms with Gasteiger partial charge in [-0.25, -0.2) is 4.98 Å². The third-order valence-electron chi connectivity index (χ3n) is 2.18. The largest absolute Gasteiger partial charge is 0.363 e. The van der Waals surface area contributed by atoms with E-state index in [9.17, 15) is 10.1 Å². The van der Waals surface area contributed by atoms with E-state index in [0.29, 0.717) is 18.4 Å². The van der Waals surface area contributed by atoms with Gasteiger partial charge in [-0.05, 0) is 13.0 Å². The molecule has 0 aliphatic heterocycles. The summed E-state index contributed by atoms with van der Waals surface area (Å²) in [6.45, 7) is 7.25. The topological polar surface area (TPSA) is 80.1 Å². The van der Waals surface area contributed by atoms with Gasteiger partial charge in [-0.3, -0.25) is 10.1 Å². The lowest BCUT2D eigenvalue weighted by atomic mass is 10.3. The molecule has 1 aromatic rings. The van der Waals surface area contributed by atoms with E-state index < -0.39 is 4.92 Å². The van der Waals surface area contributed by atoms with Crippen molar-refractivity contribution < 1.29 is 4.92 Å². The SMILES string of the molecule is Cc1ccc([N+](=O)[O-])c(NCCNC(C)C)n1. The maximum atomic E-state index is 10.8. The van der Waals surface area contributed by atoms with Crippen LogP contribution in [0.15, 0.2) is 12.1 Å². The van der Waals surface area contributed by atoms with Crippen LogP contribution in [-0.2, 0) is 0 Å². The molecule has 2 N–H and O–H groups in total. The van der Waals surface area contributed by atoms with Gasteiger partial charge in [0.05, 0.1) is 4.92 Å². The molecule has 0 spiro atoms. The van der Waals surface area contributed by atoms with Crippen molar-refractivity contribution in [1.29, 1.82) is 0 Å². The van der Waals surface area contributed by atoms with Gasteiger partial charge < -0.3 is 10.6 Å². The number of hydrogen-bond donors (Lipinski definition) is 2. The van der Waals surface area contributed by atoms with E-state index in [-0.39, 0.29) is 5.69 Å². The monoisotopic (exact) mass is 238 g/mol. The Hall–Kier alpha value is -1.69. The van der Waals surface area contributed by atoms with Gasteiger partial charge >= 0.3 is 5.69 Å². The summed E-state index contributed by atoms with van der Waals surface area (Å²) in [5.41, 5.74) is 0.773. The zero-order chi connectivity index (χ0) is 12.8. The molecule has 0 fully saturated rings. The van der Waals surface area contributed by atoms with Gasteiger partial charge in [0.2, 0.25) is 5.82 Å². The maximum absolute atomic E-state index is 10.8. The summed E-state index contributed by atoms with van der Waals surface area (Å²) in [6, 6.07) is 3.51. The molecule has 1 heterocycles. The van der Waals surface area contributed by atoms with Gasteiger partial charge in [-0.1, -0.05) is 13.8 Å². The van der Waals surface area contributed by atoms with Gasteiger partial charge in [0.1, 0.15) is 0 Å². The molecule has 17 heavy (non-hydrogen) atoms. The zero-order valence-corrected chi connectivity index (χ0v) is 10.4. The fraction of sp³-hybridized carbons (Fsp3) is 0.545. The first kappa shape index (κ1) is 13.4. The Morgan fingerprint density at radius 2 is 2.12 bits per heavy atom. The molecule has 0 unspecified atom stereocenters. The van der Waals surface area contributed by atoms with Crippen LogP contribution in [0.25, 0.3) is 0 Å². The minimum Gasteiger partial charge on any atom is -0.363 e. The molecule has 0 bridgehead atoms. The van der Waals surface area contributed by atoms with E-state index in [4.69, 9.17) is 0 Å². The number of pyridine rings is 1. The normalized spacial score (nSPS) is 10.6. The van der Waals surface area contributed by atoms with E-state index >= 15 is 0 Å². The van der Waals surface area contributed by atoms with Crippen LogP contribution in [-0.4, -0.2) is 29.0 Å². The molecule has 6 nitrogen and oxygen atoms in total. The summed E-state index contributed by atoms with van der Waals surface area (Å²) in [5, 5.41) is 17.0. The zero-order valence-electron chi connectivity index (χ0n) is 10.4. The van der Waals surface area contributed by atoms with Gasteiger partial charge in [-0.15, -0.1) is 0 Å². The first-order valence-electron chi connectivity index (χ1n) is 5.60. The van der Waals surface area contributed by atoms with Crippen LogP contribution in [0.3, 0.4) is 0 Å². The van der Waals surface area contributed by atoms with Crippen LogP contribution in [0.2, 0.25) is 0 Å². The standard InChI is InChI=1S/C11H18N4O2/c1-8(2)12-6-7-13-11-10(15(16)17)5-4-9(3)14-11/h4-5,8,12H,6-7H2,1-3H3,(H,13,14). The number of nitrogens with zero attached hydrogens (tertiary/aromatic N) is 2. The number of anilines is 1. The molecule has 0 saturated carbocycles. The van der Waals surface area contributed by atoms with Crippen LogP contribution in [0.4, 0.5) is 11.5 Å². The molecule has 0 aromatic carbocycles. The van der Waals surface area contributed by atoms with Crippen LogP contribution in [0.1, 0.15) is 19.5 Å². The average Bonchev–Trinajstić information content (AvgIpc) is 2.23. The molecule has 0 aliphatic rings. The van der Waals surface area contributed by atoms with E-state index in [1.165, 1.54) is 6.07 Å². The van der Waals surface area contributed by atoms with Crippen molar-refractivity contribution >= 4 is 11.5 Å². The second-order valence-corrected chi connectivity index (χ2v) is 4.11. The van der Waals surface area contributed by atoms with E-state index in [1.807, 2.05) is 13.8 Å². The fourth-order valence-electron chi connectivity index (χ4n) is 1.37. The van der Waals surface area contributed by atoms with Crippen LogP contribution in [0, 0.1) is 17.0 Å². The lowest BCUT2D eigenvalue weighted by Crippen LogP contribution is -2.28. The first-order valence-corrected chi connectivity index (χ1v) is 5.60. The molecule has 1 aromatic heterocycles. The third-order valence-corrected chi connectivity index (χ3v) is 2.18. The van der Waals surface area contributed by atoms with Gasteiger partial charge in [-0.2, -0.15) is 0 Å². The Morgan fingerprint density at radius 1 is 1.41 bits per heavy atom. The van der Waals surface area contributed by atoms with Crippen molar-refractivity contribution in [1.82, 2.24) is 10.3 Å². The highest BCUT2D eigenvalue weighted by Gasteiger charge is 2.14. The van der Waals surface area contributed by atoms with E-state index in [1.54, 1.807) is 13.0 Å². The number of hydrogen-bond acceptors (Lipinski definition) is 5. The smallest absolute Gasteiger partial charge is 0.311 e. The Morgan fingerprint density at radius 3 is 2.71 bits per heavy atom. The van der Waals surface area contributed by atoms with E-state index in [2.05, 4.69) is 15.6 Å².